The van der Waals surface area contributed by atoms with Crippen LogP contribution in [0.1, 0.15) is 29.4 Å². The van der Waals surface area contributed by atoms with Gasteiger partial charge in [-0.15, -0.1) is 0 Å². The van der Waals surface area contributed by atoms with Crippen LogP contribution in [0.15, 0.2) is 42.5 Å². The van der Waals surface area contributed by atoms with E-state index in [9.17, 15) is 14.4 Å². The summed E-state index contributed by atoms with van der Waals surface area (Å²) in [5.41, 5.74) is 2.32. The minimum absolute atomic E-state index is 0.0482. The zero-order valence-corrected chi connectivity index (χ0v) is 15.0. The van der Waals surface area contributed by atoms with Crippen molar-refractivity contribution in [1.29, 1.82) is 0 Å². The number of imide groups is 1. The van der Waals surface area contributed by atoms with Crippen molar-refractivity contribution in [2.24, 2.45) is 11.8 Å². The number of anilines is 1. The predicted octanol–water partition coefficient (Wildman–Crippen LogP) is 3.95. The number of carbonyl (C=O) groups is 3. The van der Waals surface area contributed by atoms with Crippen LogP contribution < -0.4 is 4.90 Å². The number of fused-ring (bicyclic) bond motifs is 1. The van der Waals surface area contributed by atoms with Crippen molar-refractivity contribution in [3.63, 3.8) is 0 Å². The number of benzene rings is 2. The van der Waals surface area contributed by atoms with Crippen LogP contribution in [-0.4, -0.2) is 17.6 Å². The van der Waals surface area contributed by atoms with Gasteiger partial charge in [-0.05, 0) is 29.3 Å². The Kier molecular flexibility index (Phi) is 3.34. The summed E-state index contributed by atoms with van der Waals surface area (Å²) >= 11 is 12.0. The zero-order valence-electron chi connectivity index (χ0n) is 13.5. The van der Waals surface area contributed by atoms with E-state index in [1.54, 1.807) is 12.1 Å². The highest BCUT2D eigenvalue weighted by atomic mass is 35.5. The van der Waals surface area contributed by atoms with Gasteiger partial charge in [0, 0.05) is 12.3 Å². The van der Waals surface area contributed by atoms with E-state index < -0.39 is 17.8 Å². The lowest BCUT2D eigenvalue weighted by atomic mass is 9.56. The number of hydrogen-bond donors (Lipinski definition) is 0. The molecule has 1 saturated carbocycles. The van der Waals surface area contributed by atoms with E-state index in [4.69, 9.17) is 23.2 Å². The molecule has 0 radical (unpaired) electrons. The van der Waals surface area contributed by atoms with Crippen LogP contribution in [0.5, 0.6) is 0 Å². The molecule has 2 fully saturated rings. The van der Waals surface area contributed by atoms with Gasteiger partial charge in [-0.25, -0.2) is 4.90 Å². The van der Waals surface area contributed by atoms with E-state index in [0.717, 1.165) is 11.1 Å². The molecule has 2 bridgehead atoms. The largest absolute Gasteiger partial charge is 0.299 e. The van der Waals surface area contributed by atoms with Crippen molar-refractivity contribution in [3.8, 4) is 0 Å². The summed E-state index contributed by atoms with van der Waals surface area (Å²) in [6.45, 7) is 0. The number of hydrogen-bond acceptors (Lipinski definition) is 3. The molecule has 0 aromatic heterocycles. The van der Waals surface area contributed by atoms with Crippen molar-refractivity contribution >= 4 is 46.5 Å². The van der Waals surface area contributed by atoms with Crippen LogP contribution in [0.3, 0.4) is 0 Å². The summed E-state index contributed by atoms with van der Waals surface area (Å²) in [5.74, 6) is -2.42. The Morgan fingerprint density at radius 2 is 1.54 bits per heavy atom. The van der Waals surface area contributed by atoms with Gasteiger partial charge in [-0.3, -0.25) is 14.4 Å². The highest BCUT2D eigenvalue weighted by Crippen LogP contribution is 2.57. The normalized spacial score (nSPS) is 29.2. The Labute approximate surface area is 159 Å². The van der Waals surface area contributed by atoms with E-state index in [-0.39, 0.29) is 28.5 Å². The lowest BCUT2D eigenvalue weighted by molar-refractivity contribution is -0.134. The van der Waals surface area contributed by atoms with Crippen molar-refractivity contribution in [3.05, 3.63) is 63.6 Å². The molecule has 1 saturated heterocycles. The van der Waals surface area contributed by atoms with Crippen LogP contribution in [0.2, 0.25) is 10.0 Å². The SMILES string of the molecule is O=C1C[C@H]2c3ccccc3[C@@H]1[C@H]1C(=O)N(c3ccc(Cl)c(Cl)c3)C(=O)[C@@H]12. The summed E-state index contributed by atoms with van der Waals surface area (Å²) < 4.78 is 0. The second kappa shape index (κ2) is 5.41. The number of Topliss-reactive ketones (excluding diaryl/α,β-unsaturated/α-hetero) is 1. The van der Waals surface area contributed by atoms with Crippen LogP contribution in [0.4, 0.5) is 5.69 Å². The standard InChI is InChI=1S/C20H13Cl2NO3/c21-13-6-5-9(7-14(13)22)23-19(25)17-12-8-15(24)16(18(17)20(23)26)11-4-2-1-3-10(11)12/h1-7,12,16-18H,8H2/t12-,16-,17+,18+/m0/s1. The fourth-order valence-electron chi connectivity index (χ4n) is 4.84. The molecule has 6 rings (SSSR count). The summed E-state index contributed by atoms with van der Waals surface area (Å²) in [5, 5.41) is 0.636. The van der Waals surface area contributed by atoms with Crippen LogP contribution in [-0.2, 0) is 14.4 Å². The van der Waals surface area contributed by atoms with Crippen LogP contribution >= 0.6 is 23.2 Å². The number of ketones is 1. The highest BCUT2D eigenvalue weighted by Gasteiger charge is 2.62. The van der Waals surface area contributed by atoms with Gasteiger partial charge < -0.3 is 0 Å². The predicted molar refractivity (Wildman–Crippen MR) is 97.5 cm³/mol. The van der Waals surface area contributed by atoms with E-state index in [0.29, 0.717) is 17.1 Å². The first-order chi connectivity index (χ1) is 12.5. The number of carbonyl (C=O) groups excluding carboxylic acids is 3. The number of nitrogens with zero attached hydrogens (tertiary/aromatic N) is 1. The Hall–Kier alpha value is -2.17. The molecule has 4 nitrogen and oxygen atoms in total. The smallest absolute Gasteiger partial charge is 0.238 e. The molecule has 2 amide bonds. The maximum absolute atomic E-state index is 13.2. The van der Waals surface area contributed by atoms with E-state index >= 15 is 0 Å². The molecule has 130 valence electrons. The second-order valence-corrected chi connectivity index (χ2v) is 7.86. The van der Waals surface area contributed by atoms with E-state index in [2.05, 4.69) is 0 Å². The zero-order chi connectivity index (χ0) is 18.2. The first-order valence-electron chi connectivity index (χ1n) is 8.43. The average molecular weight is 386 g/mol. The Balaban J connectivity index is 1.65. The molecule has 6 heteroatoms. The number of rotatable bonds is 1. The molecule has 26 heavy (non-hydrogen) atoms. The van der Waals surface area contributed by atoms with Gasteiger partial charge in [0.25, 0.3) is 0 Å². The summed E-state index contributed by atoms with van der Waals surface area (Å²) in [7, 11) is 0. The molecule has 2 aromatic rings. The molecule has 1 heterocycles. The molecule has 0 N–H and O–H groups in total. The van der Waals surface area contributed by atoms with Gasteiger partial charge in [0.15, 0.2) is 0 Å². The topological polar surface area (TPSA) is 54.5 Å². The van der Waals surface area contributed by atoms with Crippen molar-refractivity contribution in [1.82, 2.24) is 0 Å². The third-order valence-corrected chi connectivity index (χ3v) is 6.59. The minimum atomic E-state index is -0.627. The van der Waals surface area contributed by atoms with E-state index in [1.165, 1.54) is 11.0 Å². The summed E-state index contributed by atoms with van der Waals surface area (Å²) in [6, 6.07) is 12.4. The average Bonchev–Trinajstić information content (AvgIpc) is 2.90. The molecular formula is C20H13Cl2NO3. The number of amides is 2. The fraction of sp³-hybridized carbons (Fsp3) is 0.250. The lowest BCUT2D eigenvalue weighted by Gasteiger charge is -2.43. The van der Waals surface area contributed by atoms with Gasteiger partial charge in [-0.2, -0.15) is 0 Å². The number of halogens is 2. The fourth-order valence-corrected chi connectivity index (χ4v) is 5.13. The summed E-state index contributed by atoms with van der Waals surface area (Å²) in [6.07, 6.45) is 0.317. The van der Waals surface area contributed by atoms with Gasteiger partial charge in [0.2, 0.25) is 11.8 Å². The molecule has 3 aliphatic carbocycles. The summed E-state index contributed by atoms with van der Waals surface area (Å²) in [4.78, 5) is 40.2. The molecule has 4 aliphatic rings. The second-order valence-electron chi connectivity index (χ2n) is 7.05. The molecule has 0 unspecified atom stereocenters. The van der Waals surface area contributed by atoms with Crippen molar-refractivity contribution in [2.75, 3.05) is 4.90 Å². The lowest BCUT2D eigenvalue weighted by Crippen LogP contribution is -2.44. The first-order valence-corrected chi connectivity index (χ1v) is 9.19. The Morgan fingerprint density at radius 3 is 2.27 bits per heavy atom. The van der Waals surface area contributed by atoms with Crippen LogP contribution in [0.25, 0.3) is 0 Å². The highest BCUT2D eigenvalue weighted by molar-refractivity contribution is 6.42. The maximum atomic E-state index is 13.2. The van der Waals surface area contributed by atoms with E-state index in [1.807, 2.05) is 24.3 Å². The third-order valence-electron chi connectivity index (χ3n) is 5.85. The van der Waals surface area contributed by atoms with Gasteiger partial charge in [0.1, 0.15) is 5.78 Å². The Morgan fingerprint density at radius 1 is 0.846 bits per heavy atom. The maximum Gasteiger partial charge on any atom is 0.238 e. The minimum Gasteiger partial charge on any atom is -0.299 e. The van der Waals surface area contributed by atoms with Gasteiger partial charge >= 0.3 is 0 Å². The molecular weight excluding hydrogens is 373 g/mol. The van der Waals surface area contributed by atoms with Crippen molar-refractivity contribution in [2.45, 2.75) is 18.3 Å². The van der Waals surface area contributed by atoms with Gasteiger partial charge in [-0.1, -0.05) is 47.5 Å². The molecule has 0 spiro atoms. The Bertz CT molecular complexity index is 1000. The third kappa shape index (κ3) is 1.94. The molecule has 2 aromatic carbocycles. The molecule has 1 aliphatic heterocycles. The monoisotopic (exact) mass is 385 g/mol. The van der Waals surface area contributed by atoms with Crippen LogP contribution in [0, 0.1) is 11.8 Å². The molecule has 4 atom stereocenters. The van der Waals surface area contributed by atoms with Crippen molar-refractivity contribution < 1.29 is 14.4 Å². The van der Waals surface area contributed by atoms with Gasteiger partial charge in [0.05, 0.1) is 33.5 Å². The quantitative estimate of drug-likeness (QED) is 0.698. The first kappa shape index (κ1) is 16.0.